The molecule has 2 nitrogen and oxygen atoms in total. The lowest BCUT2D eigenvalue weighted by molar-refractivity contribution is -0.129. The van der Waals surface area contributed by atoms with Gasteiger partial charge in [-0.05, 0) is 55.3 Å². The molecule has 3 heteroatoms. The van der Waals surface area contributed by atoms with E-state index in [4.69, 9.17) is 0 Å². The topological polar surface area (TPSA) is 40.5 Å². The molecule has 0 heterocycles. The van der Waals surface area contributed by atoms with Gasteiger partial charge in [0.15, 0.2) is 0 Å². The first-order valence-corrected chi connectivity index (χ1v) is 7.01. The van der Waals surface area contributed by atoms with E-state index in [1.807, 2.05) is 0 Å². The van der Waals surface area contributed by atoms with Crippen molar-refractivity contribution in [2.75, 3.05) is 13.2 Å². The normalized spacial score (nSPS) is 57.4. The number of hydrogen-bond donors (Lipinski definition) is 2. The molecular formula is C12H19IO2. The van der Waals surface area contributed by atoms with E-state index in [-0.39, 0.29) is 10.8 Å². The van der Waals surface area contributed by atoms with Gasteiger partial charge in [-0.25, -0.2) is 0 Å². The number of rotatable bonds is 2. The number of aliphatic hydroxyl groups is 2. The minimum absolute atomic E-state index is 0.156. The molecule has 4 aliphatic carbocycles. The molecule has 0 aliphatic heterocycles. The van der Waals surface area contributed by atoms with Gasteiger partial charge in [0, 0.05) is 16.6 Å². The van der Waals surface area contributed by atoms with Gasteiger partial charge in [0.25, 0.3) is 0 Å². The molecule has 15 heavy (non-hydrogen) atoms. The van der Waals surface area contributed by atoms with Gasteiger partial charge in [0.1, 0.15) is 0 Å². The van der Waals surface area contributed by atoms with Crippen molar-refractivity contribution in [1.82, 2.24) is 0 Å². The van der Waals surface area contributed by atoms with Crippen LogP contribution in [-0.4, -0.2) is 26.8 Å². The Morgan fingerprint density at radius 1 is 0.933 bits per heavy atom. The lowest BCUT2D eigenvalue weighted by Gasteiger charge is -2.64. The molecule has 86 valence electrons. The van der Waals surface area contributed by atoms with Gasteiger partial charge in [-0.1, -0.05) is 22.6 Å². The molecular weight excluding hydrogens is 303 g/mol. The van der Waals surface area contributed by atoms with Gasteiger partial charge in [0.05, 0.1) is 0 Å². The van der Waals surface area contributed by atoms with Crippen LogP contribution >= 0.6 is 22.6 Å². The van der Waals surface area contributed by atoms with Crippen molar-refractivity contribution in [3.8, 4) is 0 Å². The van der Waals surface area contributed by atoms with Crippen LogP contribution in [0.15, 0.2) is 0 Å². The fraction of sp³-hybridized carbons (Fsp3) is 1.00. The Bertz CT molecular complexity index is 271. The van der Waals surface area contributed by atoms with E-state index in [1.54, 1.807) is 0 Å². The van der Waals surface area contributed by atoms with Crippen molar-refractivity contribution in [3.05, 3.63) is 0 Å². The second-order valence-corrected chi connectivity index (χ2v) is 8.76. The summed E-state index contributed by atoms with van der Waals surface area (Å²) in [5, 5.41) is 19.3. The summed E-state index contributed by atoms with van der Waals surface area (Å²) < 4.78 is 0.378. The van der Waals surface area contributed by atoms with Gasteiger partial charge in [-0.15, -0.1) is 0 Å². The average molecular weight is 322 g/mol. The first kappa shape index (κ1) is 10.8. The number of alkyl halides is 1. The summed E-state index contributed by atoms with van der Waals surface area (Å²) in [4.78, 5) is 0. The lowest BCUT2D eigenvalue weighted by atomic mass is 9.44. The molecule has 2 unspecified atom stereocenters. The number of hydrogen-bond acceptors (Lipinski definition) is 2. The van der Waals surface area contributed by atoms with Crippen LogP contribution in [0.4, 0.5) is 0 Å². The Morgan fingerprint density at radius 3 is 1.87 bits per heavy atom. The van der Waals surface area contributed by atoms with Crippen LogP contribution in [0.25, 0.3) is 0 Å². The first-order chi connectivity index (χ1) is 7.03. The standard InChI is InChI=1S/C12H19IO2/c13-12-3-9-1-10(5-12,7-14)4-11(2-9,6-12)8-15/h9,14-15H,1-8H2. The highest BCUT2D eigenvalue weighted by Crippen LogP contribution is 2.68. The van der Waals surface area contributed by atoms with E-state index in [9.17, 15) is 10.2 Å². The van der Waals surface area contributed by atoms with Crippen LogP contribution < -0.4 is 0 Å². The third-order valence-electron chi connectivity index (χ3n) is 4.90. The molecule has 4 saturated carbocycles. The Balaban J connectivity index is 2.00. The Kier molecular flexibility index (Phi) is 2.23. The van der Waals surface area contributed by atoms with Crippen LogP contribution in [0, 0.1) is 16.7 Å². The zero-order valence-electron chi connectivity index (χ0n) is 9.01. The molecule has 4 rings (SSSR count). The fourth-order valence-electron chi connectivity index (χ4n) is 5.07. The van der Waals surface area contributed by atoms with Crippen molar-refractivity contribution in [1.29, 1.82) is 0 Å². The second-order valence-electron chi connectivity index (χ2n) is 6.48. The molecule has 2 atom stereocenters. The Hall–Kier alpha value is 0.650. The van der Waals surface area contributed by atoms with E-state index < -0.39 is 0 Å². The van der Waals surface area contributed by atoms with E-state index in [2.05, 4.69) is 22.6 Å². The maximum atomic E-state index is 9.67. The summed E-state index contributed by atoms with van der Waals surface area (Å²) in [6, 6.07) is 0. The molecule has 0 amide bonds. The molecule has 0 aromatic carbocycles. The van der Waals surface area contributed by atoms with E-state index in [0.29, 0.717) is 16.6 Å². The van der Waals surface area contributed by atoms with E-state index in [1.165, 1.54) is 32.1 Å². The van der Waals surface area contributed by atoms with Crippen molar-refractivity contribution < 1.29 is 10.2 Å². The van der Waals surface area contributed by atoms with Crippen LogP contribution in [0.3, 0.4) is 0 Å². The molecule has 2 N–H and O–H groups in total. The van der Waals surface area contributed by atoms with Crippen LogP contribution in [0.1, 0.15) is 38.5 Å². The average Bonchev–Trinajstić information content (AvgIpc) is 2.14. The predicted molar refractivity (Wildman–Crippen MR) is 67.0 cm³/mol. The van der Waals surface area contributed by atoms with Gasteiger partial charge in [-0.3, -0.25) is 0 Å². The molecule has 0 aromatic rings. The van der Waals surface area contributed by atoms with Gasteiger partial charge in [-0.2, -0.15) is 0 Å². The molecule has 4 bridgehead atoms. The third kappa shape index (κ3) is 1.49. The Labute approximate surface area is 105 Å². The second kappa shape index (κ2) is 3.10. The zero-order valence-corrected chi connectivity index (χ0v) is 11.2. The predicted octanol–water partition coefficient (Wildman–Crippen LogP) is 2.12. The number of halogens is 1. The van der Waals surface area contributed by atoms with Crippen LogP contribution in [0.5, 0.6) is 0 Å². The summed E-state index contributed by atoms with van der Waals surface area (Å²) in [5.74, 6) is 0.762. The van der Waals surface area contributed by atoms with E-state index in [0.717, 1.165) is 12.3 Å². The molecule has 0 aromatic heterocycles. The monoisotopic (exact) mass is 322 g/mol. The van der Waals surface area contributed by atoms with Crippen molar-refractivity contribution in [2.45, 2.75) is 41.9 Å². The summed E-state index contributed by atoms with van der Waals surface area (Å²) in [6.07, 6.45) is 7.14. The van der Waals surface area contributed by atoms with Crippen LogP contribution in [0.2, 0.25) is 0 Å². The Morgan fingerprint density at radius 2 is 1.47 bits per heavy atom. The fourth-order valence-corrected chi connectivity index (χ4v) is 7.31. The molecule has 4 aliphatic rings. The van der Waals surface area contributed by atoms with E-state index >= 15 is 0 Å². The molecule has 0 radical (unpaired) electrons. The van der Waals surface area contributed by atoms with Crippen molar-refractivity contribution >= 4 is 22.6 Å². The molecule has 0 spiro atoms. The highest BCUT2D eigenvalue weighted by molar-refractivity contribution is 14.1. The van der Waals surface area contributed by atoms with Crippen molar-refractivity contribution in [2.24, 2.45) is 16.7 Å². The SMILES string of the molecule is OCC12CC3CC(I)(C1)CC(CO)(C3)C2. The summed E-state index contributed by atoms with van der Waals surface area (Å²) >= 11 is 2.61. The summed E-state index contributed by atoms with van der Waals surface area (Å²) in [5.41, 5.74) is 0.312. The highest BCUT2D eigenvalue weighted by Gasteiger charge is 2.62. The highest BCUT2D eigenvalue weighted by atomic mass is 127. The molecule has 0 saturated heterocycles. The molecule has 4 fully saturated rings. The maximum Gasteiger partial charge on any atom is 0.0488 e. The summed E-state index contributed by atoms with van der Waals surface area (Å²) in [7, 11) is 0. The van der Waals surface area contributed by atoms with Crippen LogP contribution in [-0.2, 0) is 0 Å². The number of aliphatic hydroxyl groups excluding tert-OH is 2. The van der Waals surface area contributed by atoms with Gasteiger partial charge >= 0.3 is 0 Å². The first-order valence-electron chi connectivity index (χ1n) is 5.94. The van der Waals surface area contributed by atoms with Gasteiger partial charge < -0.3 is 10.2 Å². The van der Waals surface area contributed by atoms with Gasteiger partial charge in [0.2, 0.25) is 0 Å². The lowest BCUT2D eigenvalue weighted by Crippen LogP contribution is -2.59. The smallest absolute Gasteiger partial charge is 0.0488 e. The minimum Gasteiger partial charge on any atom is -0.396 e. The van der Waals surface area contributed by atoms with Crippen molar-refractivity contribution in [3.63, 3.8) is 0 Å². The summed E-state index contributed by atoms with van der Waals surface area (Å²) in [6.45, 7) is 0.659. The zero-order chi connectivity index (χ0) is 10.7. The quantitative estimate of drug-likeness (QED) is 0.604. The maximum absolute atomic E-state index is 9.67. The minimum atomic E-state index is 0.156. The largest absolute Gasteiger partial charge is 0.396 e. The third-order valence-corrected chi connectivity index (χ3v) is 6.11.